The summed E-state index contributed by atoms with van der Waals surface area (Å²) < 4.78 is 0. The first kappa shape index (κ1) is 19.1. The Balaban J connectivity index is 1.41. The van der Waals surface area contributed by atoms with Crippen molar-refractivity contribution in [2.75, 3.05) is 32.7 Å². The van der Waals surface area contributed by atoms with Gasteiger partial charge in [0, 0.05) is 25.8 Å². The maximum atomic E-state index is 4.48. The van der Waals surface area contributed by atoms with Crippen molar-refractivity contribution >= 4 is 0 Å². The monoisotopic (exact) mass is 351 g/mol. The van der Waals surface area contributed by atoms with Crippen molar-refractivity contribution in [1.82, 2.24) is 14.8 Å². The maximum Gasteiger partial charge on any atom is 0.0543 e. The van der Waals surface area contributed by atoms with Crippen LogP contribution in [-0.2, 0) is 13.0 Å². The summed E-state index contributed by atoms with van der Waals surface area (Å²) in [6, 6.07) is 15.0. The van der Waals surface area contributed by atoms with Gasteiger partial charge < -0.3 is 4.90 Å². The molecule has 1 aromatic carbocycles. The molecule has 1 aliphatic heterocycles. The zero-order valence-electron chi connectivity index (χ0n) is 16.4. The van der Waals surface area contributed by atoms with Crippen molar-refractivity contribution in [1.29, 1.82) is 0 Å². The van der Waals surface area contributed by atoms with Crippen molar-refractivity contribution in [3.63, 3.8) is 0 Å². The first-order valence-electron chi connectivity index (χ1n) is 10.1. The van der Waals surface area contributed by atoms with Gasteiger partial charge >= 0.3 is 0 Å². The number of aryl methyl sites for hydroxylation is 1. The predicted molar refractivity (Wildman–Crippen MR) is 109 cm³/mol. The molecule has 0 saturated carbocycles. The van der Waals surface area contributed by atoms with Crippen LogP contribution in [0, 0.1) is 12.8 Å². The zero-order chi connectivity index (χ0) is 18.2. The van der Waals surface area contributed by atoms with Gasteiger partial charge in [-0.2, -0.15) is 0 Å². The van der Waals surface area contributed by atoms with E-state index in [1.54, 1.807) is 0 Å². The van der Waals surface area contributed by atoms with Crippen LogP contribution in [0.2, 0.25) is 0 Å². The summed E-state index contributed by atoms with van der Waals surface area (Å²) >= 11 is 0. The summed E-state index contributed by atoms with van der Waals surface area (Å²) in [5, 5.41) is 0. The molecule has 140 valence electrons. The molecule has 1 saturated heterocycles. The average molecular weight is 352 g/mol. The molecule has 0 unspecified atom stereocenters. The van der Waals surface area contributed by atoms with Gasteiger partial charge in [-0.25, -0.2) is 0 Å². The normalized spacial score (nSPS) is 16.3. The van der Waals surface area contributed by atoms with E-state index in [0.717, 1.165) is 19.0 Å². The lowest BCUT2D eigenvalue weighted by Crippen LogP contribution is -2.39. The van der Waals surface area contributed by atoms with Crippen molar-refractivity contribution in [3.05, 3.63) is 65.5 Å². The Morgan fingerprint density at radius 3 is 2.54 bits per heavy atom. The number of nitrogens with zero attached hydrogens (tertiary/aromatic N) is 3. The maximum absolute atomic E-state index is 4.48. The Kier molecular flexibility index (Phi) is 7.22. The van der Waals surface area contributed by atoms with Crippen molar-refractivity contribution in [2.45, 2.75) is 39.7 Å². The third-order valence-corrected chi connectivity index (χ3v) is 5.74. The molecule has 0 N–H and O–H groups in total. The van der Waals surface area contributed by atoms with Crippen LogP contribution in [0.4, 0.5) is 0 Å². The molecule has 3 nitrogen and oxygen atoms in total. The van der Waals surface area contributed by atoms with E-state index in [-0.39, 0.29) is 0 Å². The van der Waals surface area contributed by atoms with Gasteiger partial charge in [0.15, 0.2) is 0 Å². The van der Waals surface area contributed by atoms with Crippen LogP contribution in [-0.4, -0.2) is 47.5 Å². The standard InChI is InChI=1S/C23H33N3/c1-3-25(19-23-10-6-7-14-24-23)18-21-11-15-26(16-12-21)17-13-22-9-5-4-8-20(22)2/h4-10,14,21H,3,11-13,15-19H2,1-2H3. The molecule has 3 rings (SSSR count). The SMILES string of the molecule is CCN(Cc1ccccn1)CC1CCN(CCc2ccccc2C)CC1. The van der Waals surface area contributed by atoms with E-state index in [9.17, 15) is 0 Å². The summed E-state index contributed by atoms with van der Waals surface area (Å²) in [7, 11) is 0. The molecular weight excluding hydrogens is 318 g/mol. The predicted octanol–water partition coefficient (Wildman–Crippen LogP) is 4.17. The number of hydrogen-bond donors (Lipinski definition) is 0. The van der Waals surface area contributed by atoms with Crippen LogP contribution in [0.15, 0.2) is 48.7 Å². The van der Waals surface area contributed by atoms with Crippen LogP contribution in [0.25, 0.3) is 0 Å². The second-order valence-corrected chi connectivity index (χ2v) is 7.61. The van der Waals surface area contributed by atoms with E-state index in [2.05, 4.69) is 65.0 Å². The molecule has 3 heteroatoms. The minimum Gasteiger partial charge on any atom is -0.303 e. The van der Waals surface area contributed by atoms with Gasteiger partial charge in [-0.05, 0) is 75.0 Å². The van der Waals surface area contributed by atoms with Crippen LogP contribution >= 0.6 is 0 Å². The van der Waals surface area contributed by atoms with E-state index < -0.39 is 0 Å². The molecular formula is C23H33N3. The summed E-state index contributed by atoms with van der Waals surface area (Å²) in [6.07, 6.45) is 5.73. The molecule has 1 aromatic heterocycles. The number of piperidine rings is 1. The van der Waals surface area contributed by atoms with Gasteiger partial charge in [-0.1, -0.05) is 37.3 Å². The van der Waals surface area contributed by atoms with Crippen LogP contribution < -0.4 is 0 Å². The Labute approximate surface area is 159 Å². The van der Waals surface area contributed by atoms with Gasteiger partial charge in [0.1, 0.15) is 0 Å². The topological polar surface area (TPSA) is 19.4 Å². The molecule has 26 heavy (non-hydrogen) atoms. The molecule has 1 aliphatic rings. The summed E-state index contributed by atoms with van der Waals surface area (Å²) in [5.74, 6) is 0.827. The van der Waals surface area contributed by atoms with Crippen molar-refractivity contribution in [3.8, 4) is 0 Å². The highest BCUT2D eigenvalue weighted by molar-refractivity contribution is 5.25. The molecule has 2 heterocycles. The molecule has 2 aromatic rings. The largest absolute Gasteiger partial charge is 0.303 e. The van der Waals surface area contributed by atoms with Gasteiger partial charge in [0.25, 0.3) is 0 Å². The van der Waals surface area contributed by atoms with E-state index in [1.807, 2.05) is 12.3 Å². The van der Waals surface area contributed by atoms with Crippen molar-refractivity contribution < 1.29 is 0 Å². The second-order valence-electron chi connectivity index (χ2n) is 7.61. The third-order valence-electron chi connectivity index (χ3n) is 5.74. The number of hydrogen-bond acceptors (Lipinski definition) is 3. The molecule has 0 radical (unpaired) electrons. The van der Waals surface area contributed by atoms with E-state index >= 15 is 0 Å². The van der Waals surface area contributed by atoms with Crippen LogP contribution in [0.5, 0.6) is 0 Å². The highest BCUT2D eigenvalue weighted by Crippen LogP contribution is 2.20. The molecule has 0 amide bonds. The highest BCUT2D eigenvalue weighted by Gasteiger charge is 2.21. The van der Waals surface area contributed by atoms with Gasteiger partial charge in [-0.3, -0.25) is 9.88 Å². The van der Waals surface area contributed by atoms with E-state index in [0.29, 0.717) is 0 Å². The Morgan fingerprint density at radius 1 is 1.08 bits per heavy atom. The fourth-order valence-electron chi connectivity index (χ4n) is 3.95. The van der Waals surface area contributed by atoms with Crippen LogP contribution in [0.3, 0.4) is 0 Å². The Bertz CT molecular complexity index is 648. The average Bonchev–Trinajstić information content (AvgIpc) is 2.69. The summed E-state index contributed by atoms with van der Waals surface area (Å²) in [5.41, 5.74) is 4.11. The summed E-state index contributed by atoms with van der Waals surface area (Å²) in [6.45, 7) is 11.5. The van der Waals surface area contributed by atoms with E-state index in [4.69, 9.17) is 0 Å². The number of benzene rings is 1. The van der Waals surface area contributed by atoms with Gasteiger partial charge in [0.2, 0.25) is 0 Å². The first-order chi connectivity index (χ1) is 12.7. The smallest absolute Gasteiger partial charge is 0.0543 e. The third kappa shape index (κ3) is 5.65. The van der Waals surface area contributed by atoms with Crippen LogP contribution in [0.1, 0.15) is 36.6 Å². The van der Waals surface area contributed by atoms with Gasteiger partial charge in [-0.15, -0.1) is 0 Å². The minimum absolute atomic E-state index is 0.827. The second kappa shape index (κ2) is 9.84. The number of likely N-dealkylation sites (tertiary alicyclic amines) is 1. The lowest BCUT2D eigenvalue weighted by Gasteiger charge is -2.34. The van der Waals surface area contributed by atoms with Crippen molar-refractivity contribution in [2.24, 2.45) is 5.92 Å². The van der Waals surface area contributed by atoms with Gasteiger partial charge in [0.05, 0.1) is 5.69 Å². The number of rotatable bonds is 8. The lowest BCUT2D eigenvalue weighted by molar-refractivity contribution is 0.143. The summed E-state index contributed by atoms with van der Waals surface area (Å²) in [4.78, 5) is 9.68. The quantitative estimate of drug-likeness (QED) is 0.712. The first-order valence-corrected chi connectivity index (χ1v) is 10.1. The van der Waals surface area contributed by atoms with E-state index in [1.165, 1.54) is 62.3 Å². The number of aromatic nitrogens is 1. The molecule has 0 aliphatic carbocycles. The molecule has 0 spiro atoms. The molecule has 0 bridgehead atoms. The fourth-order valence-corrected chi connectivity index (χ4v) is 3.95. The zero-order valence-corrected chi connectivity index (χ0v) is 16.4. The minimum atomic E-state index is 0.827. The fraction of sp³-hybridized carbons (Fsp3) is 0.522. The molecule has 1 fully saturated rings. The Hall–Kier alpha value is -1.71. The highest BCUT2D eigenvalue weighted by atomic mass is 15.1. The Morgan fingerprint density at radius 2 is 1.85 bits per heavy atom. The molecule has 0 atom stereocenters. The lowest BCUT2D eigenvalue weighted by atomic mass is 9.95. The number of pyridine rings is 1.